The Labute approximate surface area is 491 Å². The Balaban J connectivity index is 1.11. The van der Waals surface area contributed by atoms with E-state index in [2.05, 4.69) is 289 Å². The lowest BCUT2D eigenvalue weighted by Crippen LogP contribution is -2.05. The van der Waals surface area contributed by atoms with Gasteiger partial charge in [-0.2, -0.15) is 5.26 Å². The molecule has 0 N–H and O–H groups in total. The minimum Gasteiger partial charge on any atom is -0.308 e. The number of aryl methyl sites for hydroxylation is 8. The maximum atomic E-state index is 12.2. The van der Waals surface area contributed by atoms with Gasteiger partial charge in [0.15, 0.2) is 0 Å². The Bertz CT molecular complexity index is 4440. The largest absolute Gasteiger partial charge is 0.308 e. The number of fused-ring (bicyclic) bond motifs is 6. The monoisotopic (exact) mass is 1080 g/mol. The van der Waals surface area contributed by atoms with E-state index < -0.39 is 0 Å². The number of rotatable bonds is 9. The number of aromatic nitrogens is 3. The molecule has 0 bridgehead atoms. The van der Waals surface area contributed by atoms with Gasteiger partial charge in [-0.15, -0.1) is 0 Å². The molecule has 0 fully saturated rings. The van der Waals surface area contributed by atoms with E-state index in [0.717, 1.165) is 111 Å². The van der Waals surface area contributed by atoms with Crippen molar-refractivity contribution in [3.05, 3.63) is 281 Å². The fourth-order valence-electron chi connectivity index (χ4n) is 13.3. The quantitative estimate of drug-likeness (QED) is 0.145. The van der Waals surface area contributed by atoms with Crippen LogP contribution in [0.1, 0.15) is 50.1 Å². The molecule has 0 atom stereocenters. The molecule has 14 rings (SSSR count). The molecular weight excluding hydrogens is 1020 g/mol. The summed E-state index contributed by atoms with van der Waals surface area (Å²) in [4.78, 5) is 5.35. The van der Waals surface area contributed by atoms with Crippen molar-refractivity contribution >= 4 is 43.6 Å². The molecule has 0 aliphatic rings. The number of nitrogens with zero attached hydrogens (tertiary/aromatic N) is 4. The molecule has 14 aromatic rings. The third kappa shape index (κ3) is 9.35. The third-order valence-electron chi connectivity index (χ3n) is 16.7. The van der Waals surface area contributed by atoms with E-state index in [-0.39, 0.29) is 0 Å². The summed E-state index contributed by atoms with van der Waals surface area (Å²) >= 11 is 0. The lowest BCUT2D eigenvalue weighted by Gasteiger charge is -2.19. The standard InChI is InChI=1S/C80H62N4/c1-48-27-49(2)32-62(31-48)58-19-23-75-68(39-58)69-40-59(63-33-50(3)28-51(4)34-63)20-24-76(69)83(75)79-45-67(66-43-73(56-15-11-9-12-16-56)82-74(44-66)57-17-13-10-14-18-57)46-80(72(79)47-81)84-77-25-21-60(64-35-52(5)29-53(6)36-64)41-70(77)71-42-61(22-26-78(71)84)65-37-54(7)30-55(8)38-65/h9-46H,1-8H3. The molecule has 402 valence electrons. The molecule has 0 amide bonds. The maximum Gasteiger partial charge on any atom is 0.104 e. The summed E-state index contributed by atoms with van der Waals surface area (Å²) < 4.78 is 4.71. The van der Waals surface area contributed by atoms with Crippen molar-refractivity contribution in [3.63, 3.8) is 0 Å². The smallest absolute Gasteiger partial charge is 0.104 e. The predicted molar refractivity (Wildman–Crippen MR) is 354 cm³/mol. The first-order chi connectivity index (χ1) is 40.8. The number of nitriles is 1. The SMILES string of the molecule is Cc1cc(C)cc(-c2ccc3c(c2)c2cc(-c4cc(C)cc(C)c4)ccc2n3-c2cc(-c3cc(-c4ccccc4)nc(-c4ccccc4)c3)cc(-n3c4ccc(-c5cc(C)cc(C)c5)cc4c4cc(-c5cc(C)cc(C)c5)ccc43)c2C#N)c1. The van der Waals surface area contributed by atoms with E-state index in [0.29, 0.717) is 5.56 Å². The van der Waals surface area contributed by atoms with Crippen LogP contribution in [0.3, 0.4) is 0 Å². The van der Waals surface area contributed by atoms with Crippen LogP contribution in [0.25, 0.3) is 133 Å². The van der Waals surface area contributed by atoms with Crippen molar-refractivity contribution in [2.75, 3.05) is 0 Å². The Morgan fingerprint density at radius 2 is 0.524 bits per heavy atom. The van der Waals surface area contributed by atoms with E-state index in [4.69, 9.17) is 4.98 Å². The Hall–Kier alpha value is -10.3. The molecule has 0 aliphatic carbocycles. The fourth-order valence-corrected chi connectivity index (χ4v) is 13.3. The first-order valence-electron chi connectivity index (χ1n) is 29.0. The van der Waals surface area contributed by atoms with Gasteiger partial charge < -0.3 is 9.13 Å². The van der Waals surface area contributed by atoms with Crippen LogP contribution in [-0.4, -0.2) is 14.1 Å². The number of pyridine rings is 1. The predicted octanol–water partition coefficient (Wildman–Crippen LogP) is 21.3. The molecule has 0 radical (unpaired) electrons. The highest BCUT2D eigenvalue weighted by molar-refractivity contribution is 6.14. The topological polar surface area (TPSA) is 46.5 Å². The van der Waals surface area contributed by atoms with Crippen LogP contribution in [-0.2, 0) is 0 Å². The Kier molecular flexibility index (Phi) is 12.7. The third-order valence-corrected chi connectivity index (χ3v) is 16.7. The van der Waals surface area contributed by atoms with Gasteiger partial charge in [0.25, 0.3) is 0 Å². The zero-order valence-electron chi connectivity index (χ0n) is 48.7. The molecule has 4 heteroatoms. The Morgan fingerprint density at radius 3 is 0.798 bits per heavy atom. The van der Waals surface area contributed by atoms with Crippen LogP contribution < -0.4 is 0 Å². The molecule has 0 unspecified atom stereocenters. The molecule has 11 aromatic carbocycles. The molecule has 0 spiro atoms. The minimum atomic E-state index is 0.561. The van der Waals surface area contributed by atoms with Gasteiger partial charge in [0, 0.05) is 32.7 Å². The summed E-state index contributed by atoms with van der Waals surface area (Å²) in [5.74, 6) is 0. The van der Waals surface area contributed by atoms with Gasteiger partial charge in [-0.25, -0.2) is 4.98 Å². The van der Waals surface area contributed by atoms with Gasteiger partial charge in [0.1, 0.15) is 11.6 Å². The normalized spacial score (nSPS) is 11.6. The first kappa shape index (κ1) is 51.8. The second-order valence-corrected chi connectivity index (χ2v) is 23.5. The van der Waals surface area contributed by atoms with E-state index in [1.165, 1.54) is 66.8 Å². The van der Waals surface area contributed by atoms with Gasteiger partial charge in [-0.3, -0.25) is 0 Å². The molecular formula is C80H62N4. The average Bonchev–Trinajstić information content (AvgIpc) is 2.06. The van der Waals surface area contributed by atoms with Crippen molar-refractivity contribution < 1.29 is 0 Å². The molecule has 0 saturated carbocycles. The second-order valence-electron chi connectivity index (χ2n) is 23.5. The first-order valence-corrected chi connectivity index (χ1v) is 29.0. The summed E-state index contributed by atoms with van der Waals surface area (Å²) in [5.41, 5.74) is 31.0. The molecule has 0 aliphatic heterocycles. The maximum absolute atomic E-state index is 12.2. The van der Waals surface area contributed by atoms with Gasteiger partial charge in [0.05, 0.1) is 44.8 Å². The van der Waals surface area contributed by atoms with Crippen molar-refractivity contribution in [2.24, 2.45) is 0 Å². The highest BCUT2D eigenvalue weighted by Gasteiger charge is 2.25. The summed E-state index contributed by atoms with van der Waals surface area (Å²) in [6.07, 6.45) is 0. The summed E-state index contributed by atoms with van der Waals surface area (Å²) in [5, 5.41) is 16.7. The average molecular weight is 1080 g/mol. The lowest BCUT2D eigenvalue weighted by atomic mass is 9.96. The Morgan fingerprint density at radius 1 is 0.262 bits per heavy atom. The zero-order chi connectivity index (χ0) is 57.5. The van der Waals surface area contributed by atoms with Crippen LogP contribution in [0, 0.1) is 66.7 Å². The van der Waals surface area contributed by atoms with Crippen molar-refractivity contribution in [1.82, 2.24) is 14.1 Å². The molecule has 84 heavy (non-hydrogen) atoms. The number of benzene rings is 11. The van der Waals surface area contributed by atoms with Crippen LogP contribution in [0.5, 0.6) is 0 Å². The van der Waals surface area contributed by atoms with E-state index in [1.807, 2.05) is 12.1 Å². The summed E-state index contributed by atoms with van der Waals surface area (Å²) in [7, 11) is 0. The number of hydrogen-bond acceptors (Lipinski definition) is 2. The van der Waals surface area contributed by atoms with Crippen molar-refractivity contribution in [2.45, 2.75) is 55.4 Å². The molecule has 3 heterocycles. The van der Waals surface area contributed by atoms with Crippen LogP contribution in [0.2, 0.25) is 0 Å². The second kappa shape index (κ2) is 20.6. The van der Waals surface area contributed by atoms with Crippen LogP contribution in [0.15, 0.2) is 231 Å². The van der Waals surface area contributed by atoms with E-state index in [1.54, 1.807) is 0 Å². The summed E-state index contributed by atoms with van der Waals surface area (Å²) in [6, 6.07) is 87.4. The summed E-state index contributed by atoms with van der Waals surface area (Å²) in [6.45, 7) is 17.4. The highest BCUT2D eigenvalue weighted by atomic mass is 15.0. The van der Waals surface area contributed by atoms with Crippen molar-refractivity contribution in [1.29, 1.82) is 5.26 Å². The fraction of sp³-hybridized carbons (Fsp3) is 0.100. The lowest BCUT2D eigenvalue weighted by molar-refractivity contribution is 1.12. The molecule has 0 saturated heterocycles. The van der Waals surface area contributed by atoms with Gasteiger partial charge in [0.2, 0.25) is 0 Å². The minimum absolute atomic E-state index is 0.561. The van der Waals surface area contributed by atoms with E-state index >= 15 is 0 Å². The van der Waals surface area contributed by atoms with Crippen LogP contribution in [0.4, 0.5) is 0 Å². The van der Waals surface area contributed by atoms with Gasteiger partial charge in [-0.1, -0.05) is 202 Å². The van der Waals surface area contributed by atoms with E-state index in [9.17, 15) is 5.26 Å². The van der Waals surface area contributed by atoms with Crippen LogP contribution >= 0.6 is 0 Å². The number of hydrogen-bond donors (Lipinski definition) is 0. The van der Waals surface area contributed by atoms with Gasteiger partial charge in [-0.05, 0) is 184 Å². The molecule has 4 nitrogen and oxygen atoms in total. The van der Waals surface area contributed by atoms with Gasteiger partial charge >= 0.3 is 0 Å². The van der Waals surface area contributed by atoms with Crippen molar-refractivity contribution in [3.8, 4) is 95.6 Å². The highest BCUT2D eigenvalue weighted by Crippen LogP contribution is 2.45. The molecule has 3 aromatic heterocycles. The zero-order valence-corrected chi connectivity index (χ0v) is 48.7.